The third kappa shape index (κ3) is 4.55. The molecule has 2 rings (SSSR count). The first-order chi connectivity index (χ1) is 11.0. The maximum absolute atomic E-state index is 12.1. The Morgan fingerprint density at radius 1 is 1.22 bits per heavy atom. The quantitative estimate of drug-likeness (QED) is 0.777. The summed E-state index contributed by atoms with van der Waals surface area (Å²) in [5.74, 6) is -0.910. The van der Waals surface area contributed by atoms with Crippen LogP contribution >= 0.6 is 0 Å². The Kier molecular flexibility index (Phi) is 5.73. The lowest BCUT2D eigenvalue weighted by Crippen LogP contribution is -2.30. The number of hydrogen-bond donors (Lipinski definition) is 1. The van der Waals surface area contributed by atoms with E-state index in [4.69, 9.17) is 9.84 Å². The molecule has 1 aromatic rings. The summed E-state index contributed by atoms with van der Waals surface area (Å²) in [6.45, 7) is 3.14. The minimum absolute atomic E-state index is 0.102. The standard InChI is InChI=1S/C17H21NO5/c1-2-23-14-5-3-12(4-6-14)15(19)7-8-16(20)18-10-9-13(11-18)17(21)22/h3-6,13H,2,7-11H2,1H3,(H,21,22). The summed E-state index contributed by atoms with van der Waals surface area (Å²) in [6, 6.07) is 6.84. The highest BCUT2D eigenvalue weighted by molar-refractivity contribution is 5.98. The second kappa shape index (κ2) is 7.76. The lowest BCUT2D eigenvalue weighted by Gasteiger charge is -2.15. The van der Waals surface area contributed by atoms with Crippen molar-refractivity contribution in [2.24, 2.45) is 5.92 Å². The molecule has 6 nitrogen and oxygen atoms in total. The molecule has 1 amide bonds. The third-order valence-electron chi connectivity index (χ3n) is 3.94. The van der Waals surface area contributed by atoms with Gasteiger partial charge in [-0.15, -0.1) is 0 Å². The van der Waals surface area contributed by atoms with Crippen molar-refractivity contribution < 1.29 is 24.2 Å². The van der Waals surface area contributed by atoms with Gasteiger partial charge in [0.25, 0.3) is 0 Å². The van der Waals surface area contributed by atoms with Crippen LogP contribution in [0.1, 0.15) is 36.5 Å². The van der Waals surface area contributed by atoms with Crippen molar-refractivity contribution in [2.45, 2.75) is 26.2 Å². The van der Waals surface area contributed by atoms with E-state index in [-0.39, 0.29) is 31.1 Å². The Hall–Kier alpha value is -2.37. The molecular formula is C17H21NO5. The van der Waals surface area contributed by atoms with Gasteiger partial charge < -0.3 is 14.7 Å². The van der Waals surface area contributed by atoms with Crippen LogP contribution in [0, 0.1) is 5.92 Å². The number of amides is 1. The fourth-order valence-electron chi connectivity index (χ4n) is 2.61. The molecule has 1 atom stereocenters. The number of carbonyl (C=O) groups is 3. The highest BCUT2D eigenvalue weighted by Crippen LogP contribution is 2.18. The Morgan fingerprint density at radius 3 is 2.48 bits per heavy atom. The van der Waals surface area contributed by atoms with Crippen molar-refractivity contribution in [2.75, 3.05) is 19.7 Å². The minimum Gasteiger partial charge on any atom is -0.494 e. The van der Waals surface area contributed by atoms with Gasteiger partial charge in [-0.1, -0.05) is 0 Å². The Balaban J connectivity index is 1.82. The molecule has 23 heavy (non-hydrogen) atoms. The van der Waals surface area contributed by atoms with Crippen LogP contribution in [0.2, 0.25) is 0 Å². The molecule has 0 bridgehead atoms. The van der Waals surface area contributed by atoms with Gasteiger partial charge in [0.2, 0.25) is 5.91 Å². The van der Waals surface area contributed by atoms with Crippen LogP contribution in [0.4, 0.5) is 0 Å². The first kappa shape index (κ1) is 17.0. The van der Waals surface area contributed by atoms with Gasteiger partial charge in [-0.25, -0.2) is 0 Å². The molecule has 1 saturated heterocycles. The third-order valence-corrected chi connectivity index (χ3v) is 3.94. The molecule has 1 unspecified atom stereocenters. The van der Waals surface area contributed by atoms with Crippen molar-refractivity contribution in [3.05, 3.63) is 29.8 Å². The second-order valence-electron chi connectivity index (χ2n) is 5.54. The van der Waals surface area contributed by atoms with Gasteiger partial charge in [-0.2, -0.15) is 0 Å². The lowest BCUT2D eigenvalue weighted by molar-refractivity contribution is -0.141. The van der Waals surface area contributed by atoms with E-state index in [1.165, 1.54) is 4.90 Å². The van der Waals surface area contributed by atoms with Gasteiger partial charge in [-0.05, 0) is 37.6 Å². The van der Waals surface area contributed by atoms with Gasteiger partial charge >= 0.3 is 5.97 Å². The monoisotopic (exact) mass is 319 g/mol. The van der Waals surface area contributed by atoms with E-state index in [1.807, 2.05) is 6.92 Å². The fraction of sp³-hybridized carbons (Fsp3) is 0.471. The molecule has 1 aromatic carbocycles. The molecule has 0 aromatic heterocycles. The molecule has 0 spiro atoms. The smallest absolute Gasteiger partial charge is 0.308 e. The van der Waals surface area contributed by atoms with Gasteiger partial charge in [0, 0.05) is 31.5 Å². The summed E-state index contributed by atoms with van der Waals surface area (Å²) in [6.07, 6.45) is 0.716. The molecule has 0 radical (unpaired) electrons. The van der Waals surface area contributed by atoms with Gasteiger partial charge in [0.15, 0.2) is 5.78 Å². The number of hydrogen-bond acceptors (Lipinski definition) is 4. The molecule has 0 saturated carbocycles. The van der Waals surface area contributed by atoms with Crippen molar-refractivity contribution in [3.8, 4) is 5.75 Å². The Morgan fingerprint density at radius 2 is 1.91 bits per heavy atom. The summed E-state index contributed by atoms with van der Waals surface area (Å²) in [5, 5.41) is 8.94. The maximum Gasteiger partial charge on any atom is 0.308 e. The SMILES string of the molecule is CCOc1ccc(C(=O)CCC(=O)N2CCC(C(=O)O)C2)cc1. The zero-order valence-corrected chi connectivity index (χ0v) is 13.2. The number of carboxylic acids is 1. The second-order valence-corrected chi connectivity index (χ2v) is 5.54. The van der Waals surface area contributed by atoms with Crippen LogP contribution in [0.3, 0.4) is 0 Å². The number of nitrogens with zero attached hydrogens (tertiary/aromatic N) is 1. The van der Waals surface area contributed by atoms with E-state index in [0.29, 0.717) is 30.9 Å². The van der Waals surface area contributed by atoms with E-state index in [2.05, 4.69) is 0 Å². The van der Waals surface area contributed by atoms with E-state index < -0.39 is 11.9 Å². The average molecular weight is 319 g/mol. The summed E-state index contributed by atoms with van der Waals surface area (Å²) in [4.78, 5) is 36.6. The number of likely N-dealkylation sites (tertiary alicyclic amines) is 1. The van der Waals surface area contributed by atoms with Gasteiger partial charge in [0.1, 0.15) is 5.75 Å². The topological polar surface area (TPSA) is 83.9 Å². The van der Waals surface area contributed by atoms with E-state index in [0.717, 1.165) is 0 Å². The van der Waals surface area contributed by atoms with Gasteiger partial charge in [0.05, 0.1) is 12.5 Å². The molecule has 124 valence electrons. The Labute approximate surface area is 135 Å². The highest BCUT2D eigenvalue weighted by Gasteiger charge is 2.30. The summed E-state index contributed by atoms with van der Waals surface area (Å²) >= 11 is 0. The zero-order chi connectivity index (χ0) is 16.8. The first-order valence-electron chi connectivity index (χ1n) is 7.78. The largest absolute Gasteiger partial charge is 0.494 e. The normalized spacial score (nSPS) is 17.1. The Bertz CT molecular complexity index is 581. The number of carbonyl (C=O) groups excluding carboxylic acids is 2. The van der Waals surface area contributed by atoms with Crippen LogP contribution < -0.4 is 4.74 Å². The number of ketones is 1. The van der Waals surface area contributed by atoms with Crippen LogP contribution in [0.15, 0.2) is 24.3 Å². The van der Waals surface area contributed by atoms with E-state index in [9.17, 15) is 14.4 Å². The molecule has 1 aliphatic rings. The van der Waals surface area contributed by atoms with Gasteiger partial charge in [-0.3, -0.25) is 14.4 Å². The lowest BCUT2D eigenvalue weighted by atomic mass is 10.1. The zero-order valence-electron chi connectivity index (χ0n) is 13.2. The van der Waals surface area contributed by atoms with Crippen molar-refractivity contribution >= 4 is 17.7 Å². The predicted octanol–water partition coefficient (Wildman–Crippen LogP) is 1.98. The molecule has 1 N–H and O–H groups in total. The number of Topliss-reactive ketones (excluding diaryl/α,β-unsaturated/α-hetero) is 1. The molecule has 6 heteroatoms. The number of rotatable bonds is 7. The number of carboxylic acid groups (broad SMARTS) is 1. The molecule has 1 aliphatic heterocycles. The minimum atomic E-state index is -0.870. The predicted molar refractivity (Wildman–Crippen MR) is 83.5 cm³/mol. The first-order valence-corrected chi connectivity index (χ1v) is 7.78. The highest BCUT2D eigenvalue weighted by atomic mass is 16.5. The van der Waals surface area contributed by atoms with Crippen molar-refractivity contribution in [1.82, 2.24) is 4.90 Å². The van der Waals surface area contributed by atoms with Crippen LogP contribution in [0.5, 0.6) is 5.75 Å². The van der Waals surface area contributed by atoms with Crippen molar-refractivity contribution in [1.29, 1.82) is 0 Å². The van der Waals surface area contributed by atoms with Crippen LogP contribution in [-0.4, -0.2) is 47.4 Å². The number of ether oxygens (including phenoxy) is 1. The molecule has 1 heterocycles. The maximum atomic E-state index is 12.1. The van der Waals surface area contributed by atoms with Crippen LogP contribution in [-0.2, 0) is 9.59 Å². The van der Waals surface area contributed by atoms with E-state index in [1.54, 1.807) is 24.3 Å². The van der Waals surface area contributed by atoms with Crippen molar-refractivity contribution in [3.63, 3.8) is 0 Å². The summed E-state index contributed by atoms with van der Waals surface area (Å²) < 4.78 is 5.32. The fourth-order valence-corrected chi connectivity index (χ4v) is 2.61. The molecular weight excluding hydrogens is 298 g/mol. The average Bonchev–Trinajstić information content (AvgIpc) is 3.03. The van der Waals surface area contributed by atoms with Crippen LogP contribution in [0.25, 0.3) is 0 Å². The number of benzene rings is 1. The molecule has 0 aliphatic carbocycles. The summed E-state index contributed by atoms with van der Waals surface area (Å²) in [5.41, 5.74) is 0.547. The number of aliphatic carboxylic acids is 1. The van der Waals surface area contributed by atoms with E-state index >= 15 is 0 Å². The summed E-state index contributed by atoms with van der Waals surface area (Å²) in [7, 11) is 0. The molecule has 1 fully saturated rings.